The number of carbonyl (C=O) groups excluding carboxylic acids is 3. The molecular formula is C29H36N4O6. The molecule has 0 saturated carbocycles. The zero-order chi connectivity index (χ0) is 27.1. The van der Waals surface area contributed by atoms with E-state index in [4.69, 9.17) is 9.47 Å². The summed E-state index contributed by atoms with van der Waals surface area (Å²) in [5.74, 6) is -2.35. The van der Waals surface area contributed by atoms with Crippen molar-refractivity contribution < 1.29 is 29.0 Å². The van der Waals surface area contributed by atoms with Crippen LogP contribution in [0, 0.1) is 11.8 Å². The molecule has 5 aliphatic heterocycles. The summed E-state index contributed by atoms with van der Waals surface area (Å²) >= 11 is 0. The smallest absolute Gasteiger partial charge is 0.249 e. The third-order valence-corrected chi connectivity index (χ3v) is 8.86. The maximum absolute atomic E-state index is 14.4. The van der Waals surface area contributed by atoms with Crippen molar-refractivity contribution in [3.63, 3.8) is 0 Å². The minimum absolute atomic E-state index is 0.171. The van der Waals surface area contributed by atoms with Crippen LogP contribution in [0.1, 0.15) is 11.6 Å². The number of amides is 3. The van der Waals surface area contributed by atoms with Crippen molar-refractivity contribution in [1.29, 1.82) is 0 Å². The van der Waals surface area contributed by atoms with Gasteiger partial charge in [0.25, 0.3) is 0 Å². The van der Waals surface area contributed by atoms with Gasteiger partial charge in [-0.3, -0.25) is 19.3 Å². The van der Waals surface area contributed by atoms with Gasteiger partial charge in [0, 0.05) is 46.3 Å². The molecule has 1 aromatic carbocycles. The second-order valence-corrected chi connectivity index (χ2v) is 11.0. The number of benzene rings is 1. The Morgan fingerprint density at radius 2 is 1.77 bits per heavy atom. The Balaban J connectivity index is 1.40. The van der Waals surface area contributed by atoms with E-state index in [2.05, 4.69) is 4.90 Å². The molecule has 6 rings (SSSR count). The summed E-state index contributed by atoms with van der Waals surface area (Å²) < 4.78 is 12.1. The van der Waals surface area contributed by atoms with E-state index in [1.807, 2.05) is 54.6 Å². The van der Waals surface area contributed by atoms with Crippen LogP contribution in [0.5, 0.6) is 0 Å². The molecule has 10 heteroatoms. The SMILES string of the molecule is CN1CC=C[C@H]2O[C@]34C=CCN(CCN5CCOCC5)C(=O)C3N([C@H](CO)c3ccccc3)C(=O)[C@@H]4[C@H]2C1=O. The van der Waals surface area contributed by atoms with Crippen LogP contribution in [0.15, 0.2) is 54.6 Å². The molecule has 5 heterocycles. The monoisotopic (exact) mass is 536 g/mol. The van der Waals surface area contributed by atoms with Gasteiger partial charge in [0.15, 0.2) is 0 Å². The van der Waals surface area contributed by atoms with Gasteiger partial charge in [-0.25, -0.2) is 0 Å². The van der Waals surface area contributed by atoms with E-state index < -0.39 is 35.6 Å². The van der Waals surface area contributed by atoms with Gasteiger partial charge in [-0.1, -0.05) is 54.6 Å². The number of hydrogen-bond acceptors (Lipinski definition) is 7. The second-order valence-electron chi connectivity index (χ2n) is 11.0. The lowest BCUT2D eigenvalue weighted by molar-refractivity contribution is -0.151. The summed E-state index contributed by atoms with van der Waals surface area (Å²) in [5.41, 5.74) is -0.581. The molecule has 3 saturated heterocycles. The molecule has 3 fully saturated rings. The van der Waals surface area contributed by atoms with Crippen molar-refractivity contribution in [2.24, 2.45) is 11.8 Å². The molecule has 0 aromatic heterocycles. The van der Waals surface area contributed by atoms with Gasteiger partial charge in [-0.15, -0.1) is 0 Å². The van der Waals surface area contributed by atoms with Crippen molar-refractivity contribution in [3.8, 4) is 0 Å². The average Bonchev–Trinajstić information content (AvgIpc) is 3.29. The Hall–Kier alpha value is -3.05. The summed E-state index contributed by atoms with van der Waals surface area (Å²) in [5, 5.41) is 10.6. The van der Waals surface area contributed by atoms with Crippen molar-refractivity contribution in [2.45, 2.75) is 23.8 Å². The van der Waals surface area contributed by atoms with E-state index in [1.165, 1.54) is 4.90 Å². The third kappa shape index (κ3) is 4.30. The molecule has 10 nitrogen and oxygen atoms in total. The highest BCUT2D eigenvalue weighted by Gasteiger charge is 2.72. The van der Waals surface area contributed by atoms with E-state index in [0.29, 0.717) is 39.4 Å². The number of hydrogen-bond donors (Lipinski definition) is 1. The van der Waals surface area contributed by atoms with Gasteiger partial charge in [0.05, 0.1) is 43.8 Å². The number of fused-ring (bicyclic) bond motifs is 2. The van der Waals surface area contributed by atoms with Gasteiger partial charge in [-0.2, -0.15) is 0 Å². The zero-order valence-electron chi connectivity index (χ0n) is 22.2. The standard InChI is InChI=1S/C29H36N4O6/c1-30-11-5-9-22-23(26(30)35)24-27(36)33(21(19-34)20-7-3-2-4-8-20)25-28(37)32(12-6-10-29(24,25)39-22)14-13-31-15-17-38-18-16-31/h2-10,21-25,34H,11-19H2,1H3/t21-,22-,23+,24+,25?,29+/m1/s1. The zero-order valence-corrected chi connectivity index (χ0v) is 22.2. The first-order valence-electron chi connectivity index (χ1n) is 13.8. The Morgan fingerprint density at radius 1 is 1.00 bits per heavy atom. The third-order valence-electron chi connectivity index (χ3n) is 8.86. The molecule has 1 unspecified atom stereocenters. The molecule has 1 spiro atoms. The number of likely N-dealkylation sites (tertiary alicyclic amines) is 1. The van der Waals surface area contributed by atoms with Crippen molar-refractivity contribution in [3.05, 3.63) is 60.2 Å². The number of rotatable bonds is 6. The highest BCUT2D eigenvalue weighted by molar-refractivity contribution is 6.00. The topological polar surface area (TPSA) is 103 Å². The lowest BCUT2D eigenvalue weighted by atomic mass is 9.77. The minimum Gasteiger partial charge on any atom is -0.394 e. The van der Waals surface area contributed by atoms with Crippen LogP contribution in [0.3, 0.4) is 0 Å². The van der Waals surface area contributed by atoms with E-state index in [9.17, 15) is 19.5 Å². The molecule has 0 radical (unpaired) electrons. The Morgan fingerprint density at radius 3 is 2.51 bits per heavy atom. The Kier molecular flexibility index (Phi) is 7.05. The first-order chi connectivity index (χ1) is 19.0. The molecule has 5 aliphatic rings. The fourth-order valence-corrected chi connectivity index (χ4v) is 6.90. The molecule has 6 atom stereocenters. The number of aliphatic hydroxyl groups is 1. The van der Waals surface area contributed by atoms with Gasteiger partial charge in [-0.05, 0) is 5.56 Å². The average molecular weight is 537 g/mol. The van der Waals surface area contributed by atoms with Crippen molar-refractivity contribution >= 4 is 17.7 Å². The van der Waals surface area contributed by atoms with Crippen molar-refractivity contribution in [1.82, 2.24) is 19.6 Å². The summed E-state index contributed by atoms with van der Waals surface area (Å²) in [6.07, 6.45) is 6.88. The van der Waals surface area contributed by atoms with Crippen LogP contribution >= 0.6 is 0 Å². The number of ether oxygens (including phenoxy) is 2. The van der Waals surface area contributed by atoms with Crippen LogP contribution in [-0.4, -0.2) is 126 Å². The Labute approximate surface area is 228 Å². The summed E-state index contributed by atoms with van der Waals surface area (Å²) in [6, 6.07) is 7.50. The highest BCUT2D eigenvalue weighted by atomic mass is 16.5. The maximum atomic E-state index is 14.4. The van der Waals surface area contributed by atoms with Crippen molar-refractivity contribution in [2.75, 3.05) is 66.1 Å². The summed E-state index contributed by atoms with van der Waals surface area (Å²) in [6.45, 7) is 4.61. The number of nitrogens with zero attached hydrogens (tertiary/aromatic N) is 4. The molecule has 0 bridgehead atoms. The van der Waals surface area contributed by atoms with Crippen LogP contribution in [0.2, 0.25) is 0 Å². The van der Waals surface area contributed by atoms with E-state index in [0.717, 1.165) is 18.7 Å². The molecule has 1 aromatic rings. The Bertz CT molecular complexity index is 1170. The van der Waals surface area contributed by atoms with E-state index in [-0.39, 0.29) is 24.3 Å². The molecule has 0 aliphatic carbocycles. The molecular weight excluding hydrogens is 500 g/mol. The second kappa shape index (κ2) is 10.5. The van der Waals surface area contributed by atoms with Crippen LogP contribution < -0.4 is 0 Å². The van der Waals surface area contributed by atoms with E-state index >= 15 is 0 Å². The number of morpholine rings is 1. The maximum Gasteiger partial charge on any atom is 0.249 e. The summed E-state index contributed by atoms with van der Waals surface area (Å²) in [7, 11) is 1.72. The number of likely N-dealkylation sites (N-methyl/N-ethyl adjacent to an activating group) is 1. The van der Waals surface area contributed by atoms with Gasteiger partial charge >= 0.3 is 0 Å². The van der Waals surface area contributed by atoms with Crippen LogP contribution in [-0.2, 0) is 23.9 Å². The first kappa shape index (κ1) is 26.2. The predicted octanol–water partition coefficient (Wildman–Crippen LogP) is 0.0596. The molecule has 39 heavy (non-hydrogen) atoms. The lowest BCUT2D eigenvalue weighted by Crippen LogP contribution is -2.57. The normalized spacial score (nSPS) is 33.6. The first-order valence-corrected chi connectivity index (χ1v) is 13.8. The fraction of sp³-hybridized carbons (Fsp3) is 0.552. The fourth-order valence-electron chi connectivity index (χ4n) is 6.90. The number of aliphatic hydroxyl groups excluding tert-OH is 1. The lowest BCUT2D eigenvalue weighted by Gasteiger charge is -2.39. The minimum atomic E-state index is -1.31. The number of carbonyl (C=O) groups is 3. The van der Waals surface area contributed by atoms with E-state index in [1.54, 1.807) is 16.8 Å². The highest BCUT2D eigenvalue weighted by Crippen LogP contribution is 2.55. The van der Waals surface area contributed by atoms with Gasteiger partial charge in [0.2, 0.25) is 17.7 Å². The molecule has 3 amide bonds. The molecule has 208 valence electrons. The predicted molar refractivity (Wildman–Crippen MR) is 141 cm³/mol. The molecule has 1 N–H and O–H groups in total. The van der Waals surface area contributed by atoms with Gasteiger partial charge < -0.3 is 29.3 Å². The van der Waals surface area contributed by atoms with Crippen LogP contribution in [0.4, 0.5) is 0 Å². The summed E-state index contributed by atoms with van der Waals surface area (Å²) in [4.78, 5) is 49.6. The van der Waals surface area contributed by atoms with Gasteiger partial charge in [0.1, 0.15) is 11.6 Å². The quantitative estimate of drug-likeness (QED) is 0.513. The largest absolute Gasteiger partial charge is 0.394 e. The van der Waals surface area contributed by atoms with Crippen LogP contribution in [0.25, 0.3) is 0 Å².